The van der Waals surface area contributed by atoms with Gasteiger partial charge >= 0.3 is 316 Å². The van der Waals surface area contributed by atoms with Gasteiger partial charge in [-0.25, -0.2) is 0 Å². The number of allylic oxidation sites excluding steroid dienone is 4. The smallest absolute Gasteiger partial charge is 1.00 e. The minimum atomic E-state index is -3.03. The molecule has 0 saturated heterocycles. The van der Waals surface area contributed by atoms with Crippen LogP contribution in [0, 0.1) is 11.3 Å². The third kappa shape index (κ3) is 8.66. The van der Waals surface area contributed by atoms with E-state index < -0.39 is 21.3 Å². The van der Waals surface area contributed by atoms with Gasteiger partial charge in [-0.1, -0.05) is 0 Å². The Kier molecular flexibility index (Phi) is 13.1. The number of halogens is 4. The van der Waals surface area contributed by atoms with Gasteiger partial charge in [0.05, 0.1) is 0 Å². The molecular formula is C46H52Cl4Zr. The predicted octanol–water partition coefficient (Wildman–Crippen LogP) is 7.84. The monoisotopic (exact) mass is 834 g/mol. The summed E-state index contributed by atoms with van der Waals surface area (Å²) < 4.78 is 3.55. The van der Waals surface area contributed by atoms with E-state index in [9.17, 15) is 0 Å². The fraction of sp³-hybridized carbons (Fsp3) is 0.370. The van der Waals surface area contributed by atoms with E-state index in [2.05, 4.69) is 166 Å². The van der Waals surface area contributed by atoms with Gasteiger partial charge in [-0.05, 0) is 0 Å². The van der Waals surface area contributed by atoms with Gasteiger partial charge in [-0.15, -0.1) is 0 Å². The zero-order chi connectivity index (χ0) is 35.5. The van der Waals surface area contributed by atoms with E-state index in [0.29, 0.717) is 9.54 Å². The first-order valence-electron chi connectivity index (χ1n) is 18.0. The molecule has 0 saturated carbocycles. The van der Waals surface area contributed by atoms with E-state index in [4.69, 9.17) is 23.2 Å². The van der Waals surface area contributed by atoms with Crippen LogP contribution >= 0.6 is 23.2 Å². The molecule has 0 spiro atoms. The Bertz CT molecular complexity index is 1860. The second kappa shape index (κ2) is 15.9. The molecular weight excluding hydrogens is 786 g/mol. The van der Waals surface area contributed by atoms with E-state index >= 15 is 0 Å². The van der Waals surface area contributed by atoms with Crippen LogP contribution in [0.5, 0.6) is 0 Å². The number of benzene rings is 4. The number of rotatable bonds is 6. The van der Waals surface area contributed by atoms with Gasteiger partial charge in [-0.2, -0.15) is 0 Å². The summed E-state index contributed by atoms with van der Waals surface area (Å²) in [6.45, 7) is 23.5. The van der Waals surface area contributed by atoms with Crippen molar-refractivity contribution in [1.82, 2.24) is 0 Å². The molecule has 6 rings (SSSR count). The average Bonchev–Trinajstić information content (AvgIpc) is 3.59. The Morgan fingerprint density at radius 2 is 1.04 bits per heavy atom. The molecule has 268 valence electrons. The molecule has 2 aliphatic rings. The zero-order valence-corrected chi connectivity index (χ0v) is 37.3. The number of hydrogen-bond donors (Lipinski definition) is 0. The van der Waals surface area contributed by atoms with Gasteiger partial charge in [0, 0.05) is 0 Å². The minimum absolute atomic E-state index is 0. The standard InChI is InChI=1S/C21H25.C13H8Cl2.C12H19.2ClH.Zr/c1-20(2,3)16-7-9-18-14(12-16)11-15-13-17(21(4,5)6)8-10-19(15)18;14-12-5-1-10(2-6-12)9-11-3-7-13(15)8-4-11;1-5-6-10-7-8-11(9-10)12(2,3)4;;;/h7-13H,1-6H3;1-8H;8-10H,5-6H2,1-4H3;2*1H;/q;;;;;+2/p-2. The Morgan fingerprint density at radius 1 is 0.608 bits per heavy atom. The molecule has 0 aromatic heterocycles. The quantitative estimate of drug-likeness (QED) is 0.186. The first-order chi connectivity index (χ1) is 23.0. The van der Waals surface area contributed by atoms with E-state index in [1.54, 1.807) is 3.28 Å². The summed E-state index contributed by atoms with van der Waals surface area (Å²) in [5.74, 6) is 0.437. The van der Waals surface area contributed by atoms with Gasteiger partial charge in [-0.3, -0.25) is 0 Å². The molecule has 5 heteroatoms. The van der Waals surface area contributed by atoms with Crippen LogP contribution in [0.2, 0.25) is 10.0 Å². The van der Waals surface area contributed by atoms with Crippen molar-refractivity contribution in [2.24, 2.45) is 11.3 Å². The maximum atomic E-state index is 6.57. The third-order valence-electron chi connectivity index (χ3n) is 10.4. The molecule has 1 unspecified atom stereocenters. The molecule has 1 atom stereocenters. The van der Waals surface area contributed by atoms with Crippen molar-refractivity contribution in [2.45, 2.75) is 96.5 Å². The first-order valence-corrected chi connectivity index (χ1v) is 22.6. The predicted molar refractivity (Wildman–Crippen MR) is 211 cm³/mol. The van der Waals surface area contributed by atoms with Crippen molar-refractivity contribution in [1.29, 1.82) is 0 Å². The summed E-state index contributed by atoms with van der Waals surface area (Å²) in [5.41, 5.74) is 12.9. The fourth-order valence-corrected chi connectivity index (χ4v) is 17.4. The molecule has 4 aromatic rings. The van der Waals surface area contributed by atoms with Crippen molar-refractivity contribution >= 4 is 26.4 Å². The molecule has 0 N–H and O–H groups in total. The van der Waals surface area contributed by atoms with Crippen LogP contribution in [0.25, 0.3) is 11.1 Å². The topological polar surface area (TPSA) is 0 Å². The Labute approximate surface area is 338 Å². The summed E-state index contributed by atoms with van der Waals surface area (Å²) in [7, 11) is 0. The summed E-state index contributed by atoms with van der Waals surface area (Å²) >= 11 is 10.1. The summed E-state index contributed by atoms with van der Waals surface area (Å²) in [5, 5.41) is 1.54. The minimum Gasteiger partial charge on any atom is -1.00 e. The molecule has 0 heterocycles. The summed E-state index contributed by atoms with van der Waals surface area (Å²) in [6.07, 6.45) is 7.62. The average molecular weight is 838 g/mol. The van der Waals surface area contributed by atoms with Crippen LogP contribution in [-0.4, -0.2) is 3.21 Å². The Morgan fingerprint density at radius 3 is 1.41 bits per heavy atom. The van der Waals surface area contributed by atoms with E-state index in [-0.39, 0.29) is 41.1 Å². The van der Waals surface area contributed by atoms with Crippen LogP contribution < -0.4 is 24.8 Å². The normalized spacial score (nSPS) is 15.5. The van der Waals surface area contributed by atoms with Gasteiger partial charge in [0.2, 0.25) is 0 Å². The molecule has 0 fully saturated rings. The molecule has 51 heavy (non-hydrogen) atoms. The number of hydrogen-bond acceptors (Lipinski definition) is 0. The fourth-order valence-electron chi connectivity index (χ4n) is 7.59. The van der Waals surface area contributed by atoms with Crippen LogP contribution in [0.3, 0.4) is 0 Å². The van der Waals surface area contributed by atoms with E-state index in [0.717, 1.165) is 16.5 Å². The van der Waals surface area contributed by atoms with Crippen molar-refractivity contribution < 1.29 is 46.1 Å². The van der Waals surface area contributed by atoms with E-state index in [1.165, 1.54) is 59.7 Å². The summed E-state index contributed by atoms with van der Waals surface area (Å²) in [4.78, 5) is 0. The zero-order valence-electron chi connectivity index (χ0n) is 31.8. The van der Waals surface area contributed by atoms with Crippen LogP contribution in [-0.2, 0) is 32.1 Å². The van der Waals surface area contributed by atoms with Crippen molar-refractivity contribution in [3.63, 3.8) is 0 Å². The first kappa shape index (κ1) is 42.0. The second-order valence-electron chi connectivity index (χ2n) is 17.2. The SMILES string of the molecule is CCCC1C=C(C(C)(C)C)C=[C]1[Zr+2](=[C](c1ccc(Cl)cc1)c1ccc(Cl)cc1)[CH]1c2cc(C(C)(C)C)ccc2-c2ccc(C(C)(C)C)cc21.[Cl-].[Cl-]. The van der Waals surface area contributed by atoms with Crippen LogP contribution in [0.4, 0.5) is 0 Å². The van der Waals surface area contributed by atoms with Crippen molar-refractivity contribution in [2.75, 3.05) is 0 Å². The molecule has 2 aliphatic carbocycles. The van der Waals surface area contributed by atoms with Crippen LogP contribution in [0.15, 0.2) is 106 Å². The molecule has 0 amide bonds. The summed E-state index contributed by atoms with van der Waals surface area (Å²) in [6, 6.07) is 32.2. The van der Waals surface area contributed by atoms with Gasteiger partial charge in [0.15, 0.2) is 0 Å². The van der Waals surface area contributed by atoms with Crippen molar-refractivity contribution in [3.8, 4) is 11.1 Å². The number of fused-ring (bicyclic) bond motifs is 3. The molecule has 0 aliphatic heterocycles. The molecule has 0 radical (unpaired) electrons. The second-order valence-corrected chi connectivity index (χ2v) is 24.2. The Balaban J connectivity index is 0.00000292. The molecule has 4 aromatic carbocycles. The van der Waals surface area contributed by atoms with Crippen molar-refractivity contribution in [3.05, 3.63) is 149 Å². The van der Waals surface area contributed by atoms with Gasteiger partial charge in [0.1, 0.15) is 0 Å². The maximum Gasteiger partial charge on any atom is -1.00 e. The maximum absolute atomic E-state index is 6.57. The van der Waals surface area contributed by atoms with Crippen LogP contribution in [0.1, 0.15) is 119 Å². The van der Waals surface area contributed by atoms with Gasteiger partial charge in [0.25, 0.3) is 0 Å². The third-order valence-corrected chi connectivity index (χ3v) is 19.4. The van der Waals surface area contributed by atoms with E-state index in [1.807, 2.05) is 0 Å². The largest absolute Gasteiger partial charge is 1.00 e. The Hall–Kier alpha value is -1.73. The molecule has 0 nitrogen and oxygen atoms in total. The van der Waals surface area contributed by atoms with Gasteiger partial charge < -0.3 is 24.8 Å². The molecule has 0 bridgehead atoms.